The number of rotatable bonds is 7. The second kappa shape index (κ2) is 9.47. The lowest BCUT2D eigenvalue weighted by Gasteiger charge is -2.17. The molecule has 4 rings (SSSR count). The number of hydrogen-bond donors (Lipinski definition) is 4. The number of nitrogens with zero attached hydrogens (tertiary/aromatic N) is 3. The minimum Gasteiger partial charge on any atom is -0.495 e. The van der Waals surface area contributed by atoms with Crippen molar-refractivity contribution in [2.24, 2.45) is 0 Å². The number of aromatic nitrogens is 2. The van der Waals surface area contributed by atoms with E-state index in [0.29, 0.717) is 6.20 Å². The van der Waals surface area contributed by atoms with Gasteiger partial charge in [-0.3, -0.25) is 19.1 Å². The van der Waals surface area contributed by atoms with Crippen LogP contribution in [-0.2, 0) is 16.9 Å². The van der Waals surface area contributed by atoms with E-state index in [1.54, 1.807) is 0 Å². The lowest BCUT2D eigenvalue weighted by Crippen LogP contribution is -2.24. The summed E-state index contributed by atoms with van der Waals surface area (Å²) in [4.78, 5) is 51.7. The number of amides is 2. The van der Waals surface area contributed by atoms with E-state index in [1.165, 1.54) is 50.6 Å². The number of imide groups is 1. The molecule has 1 aliphatic rings. The van der Waals surface area contributed by atoms with Gasteiger partial charge in [0.1, 0.15) is 17.1 Å². The van der Waals surface area contributed by atoms with Crippen LogP contribution in [0.2, 0.25) is 0 Å². The number of anilines is 4. The summed E-state index contributed by atoms with van der Waals surface area (Å²) in [6.45, 7) is 0. The summed E-state index contributed by atoms with van der Waals surface area (Å²) in [5.41, 5.74) is -0.823. The SMILES string of the molecule is COc1cc(CP(=O)(O)O)ccc1Nc1ncc(C(F)(F)F)c(Nc2cccc3c2C(=O)N(C)C3=O)n1. The molecular formula is C22H19F3N5O6P. The highest BCUT2D eigenvalue weighted by Gasteiger charge is 2.38. The number of methoxy groups -OCH3 is 1. The smallest absolute Gasteiger partial charge is 0.421 e. The standard InChI is InChI=1S/C22H19F3N5O6P/c1-30-19(31)12-4-3-5-15(17(12)20(30)32)27-18-13(22(23,24)25)9-26-21(29-18)28-14-7-6-11(8-16(14)36-2)10-37(33,34)35/h3-9H,10H2,1-2H3,(H2,33,34,35)(H2,26,27,28,29). The molecule has 3 aromatic rings. The second-order valence-corrected chi connectivity index (χ2v) is 9.60. The number of nitrogens with one attached hydrogen (secondary N) is 2. The highest BCUT2D eigenvalue weighted by atomic mass is 31.2. The average Bonchev–Trinajstić information content (AvgIpc) is 3.03. The minimum atomic E-state index is -4.85. The van der Waals surface area contributed by atoms with Crippen LogP contribution < -0.4 is 15.4 Å². The van der Waals surface area contributed by atoms with Gasteiger partial charge < -0.3 is 25.2 Å². The Labute approximate surface area is 207 Å². The van der Waals surface area contributed by atoms with Crippen molar-refractivity contribution in [1.29, 1.82) is 0 Å². The van der Waals surface area contributed by atoms with E-state index in [-0.39, 0.29) is 39.8 Å². The van der Waals surface area contributed by atoms with Crippen LogP contribution in [0.5, 0.6) is 5.75 Å². The van der Waals surface area contributed by atoms with Crippen LogP contribution in [0.25, 0.3) is 0 Å². The Morgan fingerprint density at radius 1 is 1.08 bits per heavy atom. The predicted molar refractivity (Wildman–Crippen MR) is 125 cm³/mol. The molecule has 2 heterocycles. The molecule has 0 saturated carbocycles. The number of carbonyl (C=O) groups excluding carboxylic acids is 2. The third-order valence-corrected chi connectivity index (χ3v) is 6.14. The molecule has 37 heavy (non-hydrogen) atoms. The zero-order chi connectivity index (χ0) is 27.1. The van der Waals surface area contributed by atoms with Gasteiger partial charge in [-0.05, 0) is 29.8 Å². The summed E-state index contributed by atoms with van der Waals surface area (Å²) in [6.07, 6.45) is -4.84. The Balaban J connectivity index is 1.71. The first kappa shape index (κ1) is 26.1. The third-order valence-electron chi connectivity index (χ3n) is 5.37. The fourth-order valence-electron chi connectivity index (χ4n) is 3.67. The van der Waals surface area contributed by atoms with Crippen LogP contribution >= 0.6 is 7.60 Å². The van der Waals surface area contributed by atoms with Gasteiger partial charge in [0.15, 0.2) is 0 Å². The molecule has 4 N–H and O–H groups in total. The van der Waals surface area contributed by atoms with E-state index in [4.69, 9.17) is 4.74 Å². The van der Waals surface area contributed by atoms with E-state index in [2.05, 4.69) is 20.6 Å². The Bertz CT molecular complexity index is 1460. The lowest BCUT2D eigenvalue weighted by atomic mass is 10.1. The summed E-state index contributed by atoms with van der Waals surface area (Å²) in [5, 5.41) is 5.23. The van der Waals surface area contributed by atoms with Gasteiger partial charge >= 0.3 is 13.8 Å². The molecule has 11 nitrogen and oxygen atoms in total. The van der Waals surface area contributed by atoms with Crippen molar-refractivity contribution >= 4 is 42.6 Å². The number of fused-ring (bicyclic) bond motifs is 1. The molecule has 2 aromatic carbocycles. The Kier molecular flexibility index (Phi) is 6.67. The quantitative estimate of drug-likeness (QED) is 0.258. The molecule has 0 aliphatic carbocycles. The average molecular weight is 537 g/mol. The van der Waals surface area contributed by atoms with Crippen LogP contribution in [0.15, 0.2) is 42.6 Å². The molecule has 0 spiro atoms. The van der Waals surface area contributed by atoms with Gasteiger partial charge in [-0.2, -0.15) is 18.2 Å². The zero-order valence-electron chi connectivity index (χ0n) is 19.2. The largest absolute Gasteiger partial charge is 0.495 e. The van der Waals surface area contributed by atoms with Crippen molar-refractivity contribution in [2.75, 3.05) is 24.8 Å². The Hall–Kier alpha value is -4.00. The fraction of sp³-hybridized carbons (Fsp3) is 0.182. The van der Waals surface area contributed by atoms with E-state index in [0.717, 1.165) is 4.90 Å². The Morgan fingerprint density at radius 2 is 1.81 bits per heavy atom. The van der Waals surface area contributed by atoms with Crippen molar-refractivity contribution in [3.8, 4) is 5.75 Å². The number of hydrogen-bond acceptors (Lipinski definition) is 8. The van der Waals surface area contributed by atoms with E-state index in [9.17, 15) is 37.1 Å². The molecule has 1 aliphatic heterocycles. The van der Waals surface area contributed by atoms with Gasteiger partial charge in [0.05, 0.1) is 35.8 Å². The number of benzene rings is 2. The van der Waals surface area contributed by atoms with E-state index < -0.39 is 43.1 Å². The Morgan fingerprint density at radius 3 is 2.46 bits per heavy atom. The summed E-state index contributed by atoms with van der Waals surface area (Å²) >= 11 is 0. The number of halogens is 3. The first-order valence-electron chi connectivity index (χ1n) is 10.4. The molecule has 0 atom stereocenters. The molecular weight excluding hydrogens is 518 g/mol. The van der Waals surface area contributed by atoms with Crippen molar-refractivity contribution in [3.63, 3.8) is 0 Å². The van der Waals surface area contributed by atoms with Crippen molar-refractivity contribution < 1.29 is 41.8 Å². The highest BCUT2D eigenvalue weighted by molar-refractivity contribution is 7.50. The molecule has 15 heteroatoms. The van der Waals surface area contributed by atoms with Gasteiger partial charge in [-0.1, -0.05) is 12.1 Å². The van der Waals surface area contributed by atoms with E-state index >= 15 is 0 Å². The molecule has 0 unspecified atom stereocenters. The van der Waals surface area contributed by atoms with Crippen LogP contribution in [-0.4, -0.2) is 50.6 Å². The maximum Gasteiger partial charge on any atom is 0.421 e. The third kappa shape index (κ3) is 5.40. The summed E-state index contributed by atoms with van der Waals surface area (Å²) in [6, 6.07) is 8.33. The van der Waals surface area contributed by atoms with Crippen LogP contribution in [0.4, 0.5) is 36.3 Å². The zero-order valence-corrected chi connectivity index (χ0v) is 20.1. The van der Waals surface area contributed by atoms with Gasteiger partial charge in [-0.25, -0.2) is 4.98 Å². The van der Waals surface area contributed by atoms with Crippen LogP contribution in [0.3, 0.4) is 0 Å². The minimum absolute atomic E-state index is 0.0404. The molecule has 194 valence electrons. The molecule has 0 saturated heterocycles. The molecule has 1 aromatic heterocycles. The van der Waals surface area contributed by atoms with Gasteiger partial charge in [0.2, 0.25) is 5.95 Å². The summed E-state index contributed by atoms with van der Waals surface area (Å²) in [5.74, 6) is -2.07. The molecule has 0 radical (unpaired) electrons. The van der Waals surface area contributed by atoms with Crippen molar-refractivity contribution in [2.45, 2.75) is 12.3 Å². The van der Waals surface area contributed by atoms with Crippen molar-refractivity contribution in [3.05, 3.63) is 64.8 Å². The molecule has 2 amide bonds. The number of ether oxygens (including phenoxy) is 1. The first-order valence-corrected chi connectivity index (χ1v) is 12.2. The van der Waals surface area contributed by atoms with Gasteiger partial charge in [0, 0.05) is 13.2 Å². The monoisotopic (exact) mass is 537 g/mol. The van der Waals surface area contributed by atoms with Crippen LogP contribution in [0.1, 0.15) is 31.8 Å². The second-order valence-electron chi connectivity index (χ2n) is 7.96. The normalized spacial score (nSPS) is 13.5. The number of carbonyl (C=O) groups is 2. The maximum absolute atomic E-state index is 13.7. The maximum atomic E-state index is 13.7. The van der Waals surface area contributed by atoms with Gasteiger partial charge in [0.25, 0.3) is 11.8 Å². The summed E-state index contributed by atoms with van der Waals surface area (Å²) in [7, 11) is -1.78. The van der Waals surface area contributed by atoms with E-state index in [1.807, 2.05) is 0 Å². The molecule has 0 bridgehead atoms. The first-order chi connectivity index (χ1) is 17.3. The van der Waals surface area contributed by atoms with Crippen molar-refractivity contribution in [1.82, 2.24) is 14.9 Å². The fourth-order valence-corrected chi connectivity index (χ4v) is 4.35. The van der Waals surface area contributed by atoms with Gasteiger partial charge in [-0.15, -0.1) is 0 Å². The highest BCUT2D eigenvalue weighted by Crippen LogP contribution is 2.41. The molecule has 0 fully saturated rings. The van der Waals surface area contributed by atoms with Crippen LogP contribution in [0, 0.1) is 0 Å². The number of alkyl halides is 3. The predicted octanol–water partition coefficient (Wildman–Crippen LogP) is 3.89. The topological polar surface area (TPSA) is 154 Å². The lowest BCUT2D eigenvalue weighted by molar-refractivity contribution is -0.137. The summed E-state index contributed by atoms with van der Waals surface area (Å²) < 4.78 is 57.7.